The highest BCUT2D eigenvalue weighted by atomic mass is 14.9. The zero-order valence-electron chi connectivity index (χ0n) is 10.3. The Morgan fingerprint density at radius 3 is 2.38 bits per heavy atom. The van der Waals surface area contributed by atoms with E-state index in [4.69, 9.17) is 5.73 Å². The van der Waals surface area contributed by atoms with Crippen LogP contribution in [0.2, 0.25) is 0 Å². The lowest BCUT2D eigenvalue weighted by Crippen LogP contribution is -2.44. The van der Waals surface area contributed by atoms with Gasteiger partial charge in [0.25, 0.3) is 0 Å². The van der Waals surface area contributed by atoms with Crippen molar-refractivity contribution in [2.75, 3.05) is 6.54 Å². The van der Waals surface area contributed by atoms with Crippen molar-refractivity contribution >= 4 is 0 Å². The third-order valence-corrected chi connectivity index (χ3v) is 5.41. The highest BCUT2D eigenvalue weighted by molar-refractivity contribution is 4.99. The number of rotatable bonds is 3. The molecule has 3 fully saturated rings. The van der Waals surface area contributed by atoms with Crippen molar-refractivity contribution in [1.82, 2.24) is 5.32 Å². The SMILES string of the molecule is NC1C2CCC(C2)C1CNC1CCCCC1. The molecule has 3 aliphatic rings. The Hall–Kier alpha value is -0.0800. The number of hydrogen-bond acceptors (Lipinski definition) is 2. The molecule has 0 saturated heterocycles. The molecule has 3 rings (SSSR count). The van der Waals surface area contributed by atoms with E-state index in [1.807, 2.05) is 0 Å². The summed E-state index contributed by atoms with van der Waals surface area (Å²) in [6.07, 6.45) is 11.4. The fourth-order valence-corrected chi connectivity index (χ4v) is 4.37. The van der Waals surface area contributed by atoms with Crippen LogP contribution in [0.15, 0.2) is 0 Å². The lowest BCUT2D eigenvalue weighted by molar-refractivity contribution is 0.256. The fraction of sp³-hybridized carbons (Fsp3) is 1.00. The van der Waals surface area contributed by atoms with Gasteiger partial charge >= 0.3 is 0 Å². The first-order valence-corrected chi connectivity index (χ1v) is 7.33. The summed E-state index contributed by atoms with van der Waals surface area (Å²) >= 11 is 0. The molecule has 0 heterocycles. The highest BCUT2D eigenvalue weighted by Gasteiger charge is 2.45. The summed E-state index contributed by atoms with van der Waals surface area (Å²) in [5, 5.41) is 3.80. The number of fused-ring (bicyclic) bond motifs is 2. The van der Waals surface area contributed by atoms with Crippen LogP contribution in [0.5, 0.6) is 0 Å². The zero-order valence-corrected chi connectivity index (χ0v) is 10.3. The molecule has 2 bridgehead atoms. The minimum Gasteiger partial charge on any atom is -0.327 e. The van der Waals surface area contributed by atoms with E-state index in [1.54, 1.807) is 0 Å². The van der Waals surface area contributed by atoms with E-state index in [2.05, 4.69) is 5.32 Å². The van der Waals surface area contributed by atoms with Gasteiger partial charge in [0.15, 0.2) is 0 Å². The van der Waals surface area contributed by atoms with Crippen LogP contribution >= 0.6 is 0 Å². The zero-order chi connectivity index (χ0) is 11.0. The van der Waals surface area contributed by atoms with E-state index < -0.39 is 0 Å². The molecule has 0 aromatic rings. The van der Waals surface area contributed by atoms with Gasteiger partial charge in [0.1, 0.15) is 0 Å². The maximum Gasteiger partial charge on any atom is 0.0110 e. The first kappa shape index (κ1) is 11.0. The molecule has 0 spiro atoms. The number of nitrogens with two attached hydrogens (primary N) is 1. The molecule has 92 valence electrons. The molecule has 2 heteroatoms. The Bertz CT molecular complexity index is 233. The van der Waals surface area contributed by atoms with Crippen molar-refractivity contribution < 1.29 is 0 Å². The lowest BCUT2D eigenvalue weighted by Gasteiger charge is -2.31. The monoisotopic (exact) mass is 222 g/mol. The molecule has 4 unspecified atom stereocenters. The van der Waals surface area contributed by atoms with Crippen LogP contribution in [0, 0.1) is 17.8 Å². The van der Waals surface area contributed by atoms with Crippen LogP contribution in [-0.4, -0.2) is 18.6 Å². The molecule has 16 heavy (non-hydrogen) atoms. The van der Waals surface area contributed by atoms with Crippen molar-refractivity contribution in [3.8, 4) is 0 Å². The molecule has 0 aromatic carbocycles. The average Bonchev–Trinajstić information content (AvgIpc) is 2.89. The van der Waals surface area contributed by atoms with E-state index in [9.17, 15) is 0 Å². The predicted molar refractivity (Wildman–Crippen MR) is 67.2 cm³/mol. The van der Waals surface area contributed by atoms with Gasteiger partial charge in [-0.25, -0.2) is 0 Å². The third-order valence-electron chi connectivity index (χ3n) is 5.41. The second-order valence-electron chi connectivity index (χ2n) is 6.32. The third kappa shape index (κ3) is 2.02. The van der Waals surface area contributed by atoms with Gasteiger partial charge in [-0.2, -0.15) is 0 Å². The molecule has 2 nitrogen and oxygen atoms in total. The molecular weight excluding hydrogens is 196 g/mol. The van der Waals surface area contributed by atoms with Crippen LogP contribution in [0.4, 0.5) is 0 Å². The summed E-state index contributed by atoms with van der Waals surface area (Å²) < 4.78 is 0. The van der Waals surface area contributed by atoms with Gasteiger partial charge in [0.05, 0.1) is 0 Å². The van der Waals surface area contributed by atoms with E-state index in [-0.39, 0.29) is 0 Å². The van der Waals surface area contributed by atoms with Crippen LogP contribution in [-0.2, 0) is 0 Å². The first-order valence-electron chi connectivity index (χ1n) is 7.33. The summed E-state index contributed by atoms with van der Waals surface area (Å²) in [6, 6.07) is 1.31. The minimum absolute atomic E-state index is 0.509. The van der Waals surface area contributed by atoms with Crippen LogP contribution in [0.25, 0.3) is 0 Å². The van der Waals surface area contributed by atoms with Gasteiger partial charge < -0.3 is 11.1 Å². The van der Waals surface area contributed by atoms with Crippen LogP contribution < -0.4 is 11.1 Å². The molecule has 4 atom stereocenters. The van der Waals surface area contributed by atoms with Gasteiger partial charge in [-0.05, 0) is 56.4 Å². The van der Waals surface area contributed by atoms with Crippen molar-refractivity contribution in [1.29, 1.82) is 0 Å². The molecule has 0 amide bonds. The lowest BCUT2D eigenvalue weighted by atomic mass is 9.84. The quantitative estimate of drug-likeness (QED) is 0.769. The molecule has 0 aliphatic heterocycles. The minimum atomic E-state index is 0.509. The Morgan fingerprint density at radius 1 is 0.938 bits per heavy atom. The Kier molecular flexibility index (Phi) is 3.21. The summed E-state index contributed by atoms with van der Waals surface area (Å²) in [4.78, 5) is 0. The highest BCUT2D eigenvalue weighted by Crippen LogP contribution is 2.47. The van der Waals surface area contributed by atoms with E-state index in [0.717, 1.165) is 23.8 Å². The van der Waals surface area contributed by atoms with Crippen molar-refractivity contribution in [3.63, 3.8) is 0 Å². The Morgan fingerprint density at radius 2 is 1.69 bits per heavy atom. The second kappa shape index (κ2) is 4.66. The maximum absolute atomic E-state index is 6.34. The number of hydrogen-bond donors (Lipinski definition) is 2. The largest absolute Gasteiger partial charge is 0.327 e. The summed E-state index contributed by atoms with van der Waals surface area (Å²) in [5.41, 5.74) is 6.34. The standard InChI is InChI=1S/C14H26N2/c15-14-11-7-6-10(8-11)13(14)9-16-12-4-2-1-3-5-12/h10-14,16H,1-9,15H2. The summed E-state index contributed by atoms with van der Waals surface area (Å²) in [6.45, 7) is 1.20. The molecule has 3 N–H and O–H groups in total. The fourth-order valence-electron chi connectivity index (χ4n) is 4.37. The van der Waals surface area contributed by atoms with Gasteiger partial charge in [-0.3, -0.25) is 0 Å². The van der Waals surface area contributed by atoms with Gasteiger partial charge in [-0.15, -0.1) is 0 Å². The maximum atomic E-state index is 6.34. The smallest absolute Gasteiger partial charge is 0.0110 e. The van der Waals surface area contributed by atoms with Crippen LogP contribution in [0.3, 0.4) is 0 Å². The molecular formula is C14H26N2. The van der Waals surface area contributed by atoms with E-state index in [1.165, 1.54) is 57.9 Å². The van der Waals surface area contributed by atoms with Gasteiger partial charge in [0.2, 0.25) is 0 Å². The van der Waals surface area contributed by atoms with Gasteiger partial charge in [0, 0.05) is 12.1 Å². The molecule has 0 radical (unpaired) electrons. The van der Waals surface area contributed by atoms with E-state index >= 15 is 0 Å². The second-order valence-corrected chi connectivity index (χ2v) is 6.32. The first-order chi connectivity index (χ1) is 7.84. The molecule has 0 aromatic heterocycles. The number of nitrogens with one attached hydrogen (secondary N) is 1. The summed E-state index contributed by atoms with van der Waals surface area (Å²) in [5.74, 6) is 2.61. The predicted octanol–water partition coefficient (Wildman–Crippen LogP) is 2.28. The Labute approximate surface area is 99.4 Å². The topological polar surface area (TPSA) is 38.0 Å². The van der Waals surface area contributed by atoms with Crippen molar-refractivity contribution in [2.24, 2.45) is 23.5 Å². The average molecular weight is 222 g/mol. The van der Waals surface area contributed by atoms with Crippen molar-refractivity contribution in [2.45, 2.75) is 63.5 Å². The molecule has 3 saturated carbocycles. The molecule has 3 aliphatic carbocycles. The summed E-state index contributed by atoms with van der Waals surface area (Å²) in [7, 11) is 0. The van der Waals surface area contributed by atoms with Gasteiger partial charge in [-0.1, -0.05) is 19.3 Å². The normalized spacial score (nSPS) is 44.1. The van der Waals surface area contributed by atoms with E-state index in [0.29, 0.717) is 6.04 Å². The van der Waals surface area contributed by atoms with Crippen molar-refractivity contribution in [3.05, 3.63) is 0 Å². The Balaban J connectivity index is 1.48. The van der Waals surface area contributed by atoms with Crippen LogP contribution in [0.1, 0.15) is 51.4 Å².